The van der Waals surface area contributed by atoms with Crippen molar-refractivity contribution in [3.05, 3.63) is 17.6 Å². The number of anilines is 1. The van der Waals surface area contributed by atoms with Gasteiger partial charge in [0.05, 0.1) is 17.6 Å². The van der Waals surface area contributed by atoms with Crippen molar-refractivity contribution in [3.8, 4) is 0 Å². The van der Waals surface area contributed by atoms with Crippen LogP contribution >= 0.6 is 0 Å². The SMILES string of the molecule is Cc1nc(N)c2c(C(N)=O)cn([C@@H]3O[C@H](CO)[C@@H](O)[C@@H]3O)c2n1. The molecular weight excluding hydrogens is 306 g/mol. The monoisotopic (exact) mass is 323 g/mol. The van der Waals surface area contributed by atoms with Gasteiger partial charge in [0.25, 0.3) is 5.91 Å². The number of aliphatic hydroxyl groups excluding tert-OH is 3. The van der Waals surface area contributed by atoms with Crippen molar-refractivity contribution in [2.45, 2.75) is 31.5 Å². The van der Waals surface area contributed by atoms with E-state index >= 15 is 0 Å². The smallest absolute Gasteiger partial charge is 0.251 e. The van der Waals surface area contributed by atoms with E-state index in [1.54, 1.807) is 6.92 Å². The van der Waals surface area contributed by atoms with Crippen LogP contribution in [0.5, 0.6) is 0 Å². The van der Waals surface area contributed by atoms with E-state index in [9.17, 15) is 20.1 Å². The summed E-state index contributed by atoms with van der Waals surface area (Å²) in [6.45, 7) is 1.15. The van der Waals surface area contributed by atoms with Gasteiger partial charge in [-0.15, -0.1) is 0 Å². The fraction of sp³-hybridized carbons (Fsp3) is 0.462. The van der Waals surface area contributed by atoms with Gasteiger partial charge in [-0.25, -0.2) is 9.97 Å². The predicted molar refractivity (Wildman–Crippen MR) is 78.2 cm³/mol. The van der Waals surface area contributed by atoms with Crippen LogP contribution in [0.4, 0.5) is 5.82 Å². The lowest BCUT2D eigenvalue weighted by molar-refractivity contribution is -0.0509. The summed E-state index contributed by atoms with van der Waals surface area (Å²) in [5, 5.41) is 29.5. The summed E-state index contributed by atoms with van der Waals surface area (Å²) in [4.78, 5) is 19.9. The van der Waals surface area contributed by atoms with Crippen LogP contribution < -0.4 is 11.5 Å². The number of nitrogens with zero attached hydrogens (tertiary/aromatic N) is 3. The Hall–Kier alpha value is -2.27. The number of nitrogen functional groups attached to an aromatic ring is 1. The Balaban J connectivity index is 2.20. The number of hydrogen-bond donors (Lipinski definition) is 5. The lowest BCUT2D eigenvalue weighted by Crippen LogP contribution is -2.33. The number of amides is 1. The first-order valence-corrected chi connectivity index (χ1v) is 6.92. The molecule has 0 aromatic carbocycles. The van der Waals surface area contributed by atoms with Crippen LogP contribution in [0.3, 0.4) is 0 Å². The molecule has 0 unspecified atom stereocenters. The van der Waals surface area contributed by atoms with E-state index in [2.05, 4.69) is 9.97 Å². The Bertz CT molecular complexity index is 776. The second-order valence-electron chi connectivity index (χ2n) is 5.40. The number of ether oxygens (including phenoxy) is 1. The number of hydrogen-bond acceptors (Lipinski definition) is 8. The van der Waals surface area contributed by atoms with E-state index in [0.29, 0.717) is 5.82 Å². The van der Waals surface area contributed by atoms with Crippen LogP contribution in [-0.4, -0.2) is 60.7 Å². The molecule has 1 amide bonds. The molecule has 1 aliphatic heterocycles. The molecule has 10 heteroatoms. The molecule has 1 fully saturated rings. The molecule has 0 spiro atoms. The Labute approximate surface area is 130 Å². The van der Waals surface area contributed by atoms with E-state index in [0.717, 1.165) is 0 Å². The maximum atomic E-state index is 11.7. The fourth-order valence-corrected chi connectivity index (χ4v) is 2.78. The Morgan fingerprint density at radius 2 is 2.09 bits per heavy atom. The van der Waals surface area contributed by atoms with E-state index in [-0.39, 0.29) is 22.4 Å². The van der Waals surface area contributed by atoms with Crippen molar-refractivity contribution < 1.29 is 24.9 Å². The number of primary amides is 1. The Morgan fingerprint density at radius 1 is 1.39 bits per heavy atom. The van der Waals surface area contributed by atoms with Crippen molar-refractivity contribution in [1.82, 2.24) is 14.5 Å². The van der Waals surface area contributed by atoms with Gasteiger partial charge in [0.15, 0.2) is 6.23 Å². The third-order valence-electron chi connectivity index (χ3n) is 3.87. The van der Waals surface area contributed by atoms with Crippen molar-refractivity contribution in [2.75, 3.05) is 12.3 Å². The molecule has 3 heterocycles. The molecule has 4 atom stereocenters. The highest BCUT2D eigenvalue weighted by Gasteiger charge is 2.44. The van der Waals surface area contributed by atoms with Gasteiger partial charge in [0.2, 0.25) is 0 Å². The Kier molecular flexibility index (Phi) is 3.68. The standard InChI is InChI=1S/C13H17N5O5/c1-4-16-10(14)7-5(11(15)22)2-18(12(7)17-4)13-9(21)8(20)6(3-19)23-13/h2,6,8-9,13,19-21H,3H2,1H3,(H2,15,22)(H2,14,16,17)/t6-,8-,9+,13-/m1/s1. The second-order valence-corrected chi connectivity index (χ2v) is 5.40. The number of aromatic nitrogens is 3. The van der Waals surface area contributed by atoms with E-state index in [1.165, 1.54) is 10.8 Å². The molecular formula is C13H17N5O5. The van der Waals surface area contributed by atoms with Gasteiger partial charge in [-0.05, 0) is 6.92 Å². The molecule has 2 aromatic heterocycles. The van der Waals surface area contributed by atoms with Gasteiger partial charge in [0.1, 0.15) is 35.6 Å². The first-order valence-electron chi connectivity index (χ1n) is 6.92. The third-order valence-corrected chi connectivity index (χ3v) is 3.87. The van der Waals surface area contributed by atoms with Crippen LogP contribution in [0.1, 0.15) is 22.4 Å². The van der Waals surface area contributed by atoms with Gasteiger partial charge in [-0.2, -0.15) is 0 Å². The van der Waals surface area contributed by atoms with Crippen molar-refractivity contribution in [2.24, 2.45) is 5.73 Å². The molecule has 1 aliphatic rings. The zero-order chi connectivity index (χ0) is 16.9. The highest BCUT2D eigenvalue weighted by atomic mass is 16.6. The molecule has 1 saturated heterocycles. The number of nitrogens with two attached hydrogens (primary N) is 2. The summed E-state index contributed by atoms with van der Waals surface area (Å²) in [6, 6.07) is 0. The van der Waals surface area contributed by atoms with Crippen LogP contribution in [-0.2, 0) is 4.74 Å². The number of aliphatic hydroxyl groups is 3. The van der Waals surface area contributed by atoms with Crippen LogP contribution in [0.2, 0.25) is 0 Å². The van der Waals surface area contributed by atoms with Crippen LogP contribution in [0.15, 0.2) is 6.20 Å². The highest BCUT2D eigenvalue weighted by molar-refractivity contribution is 6.08. The summed E-state index contributed by atoms with van der Waals surface area (Å²) in [5.41, 5.74) is 11.5. The lowest BCUT2D eigenvalue weighted by atomic mass is 10.1. The average molecular weight is 323 g/mol. The lowest BCUT2D eigenvalue weighted by Gasteiger charge is -2.17. The summed E-state index contributed by atoms with van der Waals surface area (Å²) >= 11 is 0. The summed E-state index contributed by atoms with van der Waals surface area (Å²) in [5.74, 6) is -0.302. The Morgan fingerprint density at radius 3 is 2.65 bits per heavy atom. The minimum atomic E-state index is -1.32. The van der Waals surface area contributed by atoms with Gasteiger partial charge in [-0.3, -0.25) is 4.79 Å². The topological polar surface area (TPSA) is 170 Å². The summed E-state index contributed by atoms with van der Waals surface area (Å²) in [6.07, 6.45) is -3.26. The fourth-order valence-electron chi connectivity index (χ4n) is 2.78. The average Bonchev–Trinajstić information content (AvgIpc) is 2.99. The van der Waals surface area contributed by atoms with Crippen LogP contribution in [0.25, 0.3) is 11.0 Å². The molecule has 124 valence electrons. The van der Waals surface area contributed by atoms with Crippen molar-refractivity contribution >= 4 is 22.8 Å². The van der Waals surface area contributed by atoms with Crippen molar-refractivity contribution in [3.63, 3.8) is 0 Å². The predicted octanol–water partition coefficient (Wildman–Crippen LogP) is -1.97. The summed E-state index contributed by atoms with van der Waals surface area (Å²) in [7, 11) is 0. The van der Waals surface area contributed by atoms with Gasteiger partial charge < -0.3 is 36.1 Å². The number of carbonyl (C=O) groups excluding carboxylic acids is 1. The molecule has 0 bridgehead atoms. The van der Waals surface area contributed by atoms with E-state index in [1.807, 2.05) is 0 Å². The molecule has 2 aromatic rings. The molecule has 0 radical (unpaired) electrons. The molecule has 23 heavy (non-hydrogen) atoms. The zero-order valence-electron chi connectivity index (χ0n) is 12.2. The number of aryl methyl sites for hydroxylation is 1. The first kappa shape index (κ1) is 15.6. The third kappa shape index (κ3) is 2.32. The molecule has 3 rings (SSSR count). The minimum Gasteiger partial charge on any atom is -0.394 e. The molecule has 0 saturated carbocycles. The normalized spacial score (nSPS) is 27.7. The first-order chi connectivity index (χ1) is 10.8. The number of fused-ring (bicyclic) bond motifs is 1. The number of rotatable bonds is 3. The van der Waals surface area contributed by atoms with E-state index < -0.39 is 37.1 Å². The maximum Gasteiger partial charge on any atom is 0.251 e. The van der Waals surface area contributed by atoms with Gasteiger partial charge >= 0.3 is 0 Å². The van der Waals surface area contributed by atoms with Gasteiger partial charge in [-0.1, -0.05) is 0 Å². The molecule has 10 nitrogen and oxygen atoms in total. The van der Waals surface area contributed by atoms with E-state index in [4.69, 9.17) is 16.2 Å². The highest BCUT2D eigenvalue weighted by Crippen LogP contribution is 2.34. The molecule has 0 aliphatic carbocycles. The maximum absolute atomic E-state index is 11.7. The largest absolute Gasteiger partial charge is 0.394 e. The van der Waals surface area contributed by atoms with Gasteiger partial charge in [0, 0.05) is 6.20 Å². The van der Waals surface area contributed by atoms with Crippen molar-refractivity contribution in [1.29, 1.82) is 0 Å². The second kappa shape index (κ2) is 5.42. The molecule has 7 N–H and O–H groups in total. The van der Waals surface area contributed by atoms with Crippen LogP contribution in [0, 0.1) is 6.92 Å². The summed E-state index contributed by atoms with van der Waals surface area (Å²) < 4.78 is 6.83. The minimum absolute atomic E-state index is 0.0757. The quantitative estimate of drug-likeness (QED) is 0.433. The number of carbonyl (C=O) groups is 1. The zero-order valence-corrected chi connectivity index (χ0v) is 12.2.